The van der Waals surface area contributed by atoms with Gasteiger partial charge in [-0.15, -0.1) is 10.2 Å². The van der Waals surface area contributed by atoms with Gasteiger partial charge in [0.2, 0.25) is 10.1 Å². The molecule has 0 radical (unpaired) electrons. The number of halogens is 3. The van der Waals surface area contributed by atoms with Gasteiger partial charge in [0.25, 0.3) is 0 Å². The molecule has 1 aromatic rings. The number of rotatable bonds is 3. The molecule has 0 aromatic carbocycles. The van der Waals surface area contributed by atoms with Crippen LogP contribution in [0.15, 0.2) is 0 Å². The minimum absolute atomic E-state index is 0.200. The molecule has 0 spiro atoms. The SMILES string of the molecule is CCOC(=O)C1CCCN(c2nnc(C(F)(F)F)s2)C1. The van der Waals surface area contributed by atoms with Crippen LogP contribution in [-0.2, 0) is 15.7 Å². The predicted octanol–water partition coefficient (Wildman–Crippen LogP) is 2.34. The first-order valence-corrected chi connectivity index (χ1v) is 7.05. The molecular weight excluding hydrogens is 295 g/mol. The number of aromatic nitrogens is 2. The molecule has 20 heavy (non-hydrogen) atoms. The molecular formula is C11H14F3N3O2S. The second-order valence-electron chi connectivity index (χ2n) is 4.42. The maximum Gasteiger partial charge on any atom is 0.445 e. The van der Waals surface area contributed by atoms with Gasteiger partial charge in [-0.1, -0.05) is 11.3 Å². The summed E-state index contributed by atoms with van der Waals surface area (Å²) >= 11 is 0.500. The van der Waals surface area contributed by atoms with Crippen LogP contribution < -0.4 is 4.90 Å². The molecule has 0 amide bonds. The van der Waals surface area contributed by atoms with Gasteiger partial charge in [-0.3, -0.25) is 4.79 Å². The minimum Gasteiger partial charge on any atom is -0.466 e. The fourth-order valence-electron chi connectivity index (χ4n) is 2.06. The number of esters is 1. The summed E-state index contributed by atoms with van der Waals surface area (Å²) in [5.74, 6) is -0.625. The van der Waals surface area contributed by atoms with Crippen LogP contribution in [0.4, 0.5) is 18.3 Å². The van der Waals surface area contributed by atoms with Crippen LogP contribution in [0.5, 0.6) is 0 Å². The molecule has 0 aliphatic carbocycles. The number of ether oxygens (including phenoxy) is 1. The molecule has 1 unspecified atom stereocenters. The van der Waals surface area contributed by atoms with Crippen molar-refractivity contribution >= 4 is 22.4 Å². The third-order valence-corrected chi connectivity index (χ3v) is 4.00. The Morgan fingerprint density at radius 1 is 1.50 bits per heavy atom. The van der Waals surface area contributed by atoms with Crippen molar-refractivity contribution in [3.8, 4) is 0 Å². The Bertz CT molecular complexity index is 478. The summed E-state index contributed by atoms with van der Waals surface area (Å²) in [5, 5.41) is 5.96. The maximum atomic E-state index is 12.5. The fourth-order valence-corrected chi connectivity index (χ4v) is 2.81. The van der Waals surface area contributed by atoms with E-state index in [1.807, 2.05) is 0 Å². The largest absolute Gasteiger partial charge is 0.466 e. The van der Waals surface area contributed by atoms with Crippen LogP contribution in [0.1, 0.15) is 24.8 Å². The number of carbonyl (C=O) groups is 1. The van der Waals surface area contributed by atoms with Gasteiger partial charge in [0.1, 0.15) is 0 Å². The van der Waals surface area contributed by atoms with E-state index in [0.29, 0.717) is 43.9 Å². The van der Waals surface area contributed by atoms with E-state index in [0.717, 1.165) is 0 Å². The Labute approximate surface area is 117 Å². The van der Waals surface area contributed by atoms with Crippen LogP contribution in [0.25, 0.3) is 0 Å². The van der Waals surface area contributed by atoms with Crippen molar-refractivity contribution in [2.24, 2.45) is 5.92 Å². The van der Waals surface area contributed by atoms with Gasteiger partial charge in [-0.05, 0) is 19.8 Å². The molecule has 2 heterocycles. The quantitative estimate of drug-likeness (QED) is 0.802. The number of carbonyl (C=O) groups excluding carboxylic acids is 1. The van der Waals surface area contributed by atoms with Crippen molar-refractivity contribution in [1.82, 2.24) is 10.2 Å². The van der Waals surface area contributed by atoms with E-state index < -0.39 is 11.2 Å². The number of nitrogens with zero attached hydrogens (tertiary/aromatic N) is 3. The van der Waals surface area contributed by atoms with Crippen LogP contribution in [0, 0.1) is 5.92 Å². The van der Waals surface area contributed by atoms with Gasteiger partial charge in [-0.25, -0.2) is 0 Å². The van der Waals surface area contributed by atoms with Crippen LogP contribution in [0.2, 0.25) is 0 Å². The van der Waals surface area contributed by atoms with Crippen molar-refractivity contribution in [2.75, 3.05) is 24.6 Å². The molecule has 0 saturated carbocycles. The number of piperidine rings is 1. The first-order valence-electron chi connectivity index (χ1n) is 6.24. The highest BCUT2D eigenvalue weighted by atomic mass is 32.1. The highest BCUT2D eigenvalue weighted by molar-refractivity contribution is 7.15. The normalized spacial score (nSPS) is 20.0. The predicted molar refractivity (Wildman–Crippen MR) is 66.5 cm³/mol. The molecule has 0 N–H and O–H groups in total. The van der Waals surface area contributed by atoms with Gasteiger partial charge in [0.05, 0.1) is 12.5 Å². The summed E-state index contributed by atoms with van der Waals surface area (Å²) in [6, 6.07) is 0. The summed E-state index contributed by atoms with van der Waals surface area (Å²) in [6.07, 6.45) is -3.09. The molecule has 1 aromatic heterocycles. The summed E-state index contributed by atoms with van der Waals surface area (Å²) in [5.41, 5.74) is 0. The Balaban J connectivity index is 2.05. The number of anilines is 1. The minimum atomic E-state index is -4.48. The molecule has 1 saturated heterocycles. The molecule has 112 valence electrons. The number of alkyl halides is 3. The van der Waals surface area contributed by atoms with Crippen LogP contribution >= 0.6 is 11.3 Å². The lowest BCUT2D eigenvalue weighted by Crippen LogP contribution is -2.39. The van der Waals surface area contributed by atoms with E-state index in [1.54, 1.807) is 11.8 Å². The molecule has 9 heteroatoms. The van der Waals surface area contributed by atoms with E-state index >= 15 is 0 Å². The molecule has 1 aliphatic rings. The highest BCUT2D eigenvalue weighted by Crippen LogP contribution is 2.35. The Morgan fingerprint density at radius 3 is 2.85 bits per heavy atom. The third kappa shape index (κ3) is 3.38. The second-order valence-corrected chi connectivity index (χ2v) is 5.38. The summed E-state index contributed by atoms with van der Waals surface area (Å²) in [6.45, 7) is 2.92. The molecule has 1 aliphatic heterocycles. The molecule has 2 rings (SSSR count). The lowest BCUT2D eigenvalue weighted by molar-refractivity contribution is -0.148. The molecule has 1 fully saturated rings. The molecule has 5 nitrogen and oxygen atoms in total. The zero-order chi connectivity index (χ0) is 14.8. The second kappa shape index (κ2) is 5.94. The average Bonchev–Trinajstić information content (AvgIpc) is 2.89. The van der Waals surface area contributed by atoms with E-state index in [1.165, 1.54) is 0 Å². The standard InChI is InChI=1S/C11H14F3N3O2S/c1-2-19-8(18)7-4-3-5-17(6-7)10-16-15-9(20-10)11(12,13)14/h7H,2-6H2,1H3. The van der Waals surface area contributed by atoms with E-state index in [2.05, 4.69) is 10.2 Å². The van der Waals surface area contributed by atoms with Crippen molar-refractivity contribution in [2.45, 2.75) is 25.9 Å². The van der Waals surface area contributed by atoms with Crippen LogP contribution in [0.3, 0.4) is 0 Å². The zero-order valence-corrected chi connectivity index (χ0v) is 11.6. The number of hydrogen-bond acceptors (Lipinski definition) is 6. The van der Waals surface area contributed by atoms with Gasteiger partial charge < -0.3 is 9.64 Å². The maximum absolute atomic E-state index is 12.5. The summed E-state index contributed by atoms with van der Waals surface area (Å²) < 4.78 is 42.4. The number of hydrogen-bond donors (Lipinski definition) is 0. The van der Waals surface area contributed by atoms with E-state index in [4.69, 9.17) is 4.74 Å². The van der Waals surface area contributed by atoms with Crippen molar-refractivity contribution in [3.05, 3.63) is 5.01 Å². The lowest BCUT2D eigenvalue weighted by Gasteiger charge is -2.30. The topological polar surface area (TPSA) is 55.3 Å². The van der Waals surface area contributed by atoms with Crippen LogP contribution in [-0.4, -0.2) is 35.9 Å². The zero-order valence-electron chi connectivity index (χ0n) is 10.8. The summed E-state index contributed by atoms with van der Waals surface area (Å²) in [7, 11) is 0. The lowest BCUT2D eigenvalue weighted by atomic mass is 9.99. The Kier molecular flexibility index (Phi) is 4.46. The average molecular weight is 309 g/mol. The highest BCUT2D eigenvalue weighted by Gasteiger charge is 2.37. The first kappa shape index (κ1) is 15.0. The van der Waals surface area contributed by atoms with Gasteiger partial charge in [0.15, 0.2) is 0 Å². The monoisotopic (exact) mass is 309 g/mol. The van der Waals surface area contributed by atoms with Crippen molar-refractivity contribution in [3.63, 3.8) is 0 Å². The van der Waals surface area contributed by atoms with Gasteiger partial charge in [0, 0.05) is 13.1 Å². The first-order chi connectivity index (χ1) is 9.41. The Hall–Kier alpha value is -1.38. The van der Waals surface area contributed by atoms with Gasteiger partial charge in [-0.2, -0.15) is 13.2 Å². The fraction of sp³-hybridized carbons (Fsp3) is 0.727. The molecule has 0 bridgehead atoms. The van der Waals surface area contributed by atoms with E-state index in [-0.39, 0.29) is 17.0 Å². The van der Waals surface area contributed by atoms with E-state index in [9.17, 15) is 18.0 Å². The summed E-state index contributed by atoms with van der Waals surface area (Å²) in [4.78, 5) is 13.3. The van der Waals surface area contributed by atoms with Gasteiger partial charge >= 0.3 is 12.1 Å². The smallest absolute Gasteiger partial charge is 0.445 e. The van der Waals surface area contributed by atoms with Crippen molar-refractivity contribution in [1.29, 1.82) is 0 Å². The molecule has 1 atom stereocenters. The Morgan fingerprint density at radius 2 is 2.25 bits per heavy atom. The third-order valence-electron chi connectivity index (χ3n) is 2.97. The van der Waals surface area contributed by atoms with Crippen molar-refractivity contribution < 1.29 is 22.7 Å².